The first-order valence-corrected chi connectivity index (χ1v) is 6.20. The van der Waals surface area contributed by atoms with E-state index >= 15 is 0 Å². The highest BCUT2D eigenvalue weighted by Crippen LogP contribution is 2.02. The van der Waals surface area contributed by atoms with Gasteiger partial charge in [0.15, 0.2) is 0 Å². The molecule has 0 aliphatic carbocycles. The van der Waals surface area contributed by atoms with Crippen molar-refractivity contribution in [1.82, 2.24) is 19.7 Å². The highest BCUT2D eigenvalue weighted by molar-refractivity contribution is 5.93. The highest BCUT2D eigenvalue weighted by Gasteiger charge is 2.12. The summed E-state index contributed by atoms with van der Waals surface area (Å²) in [5, 5.41) is 15.7. The van der Waals surface area contributed by atoms with Crippen molar-refractivity contribution in [2.24, 2.45) is 7.05 Å². The molecule has 0 fully saturated rings. The largest absolute Gasteiger partial charge is 0.480 e. The van der Waals surface area contributed by atoms with Crippen LogP contribution in [-0.4, -0.2) is 37.9 Å². The van der Waals surface area contributed by atoms with Crippen molar-refractivity contribution in [3.63, 3.8) is 0 Å². The summed E-state index contributed by atoms with van der Waals surface area (Å²) >= 11 is 0. The average Bonchev–Trinajstić information content (AvgIpc) is 2.98. The molecule has 0 aliphatic heterocycles. The number of aliphatic carboxylic acids is 1. The van der Waals surface area contributed by atoms with Crippen molar-refractivity contribution in [2.45, 2.75) is 13.0 Å². The maximum absolute atomic E-state index is 12.0. The van der Waals surface area contributed by atoms with Crippen molar-refractivity contribution < 1.29 is 14.7 Å². The van der Waals surface area contributed by atoms with E-state index in [0.717, 1.165) is 5.69 Å². The van der Waals surface area contributed by atoms with E-state index in [-0.39, 0.29) is 12.5 Å². The Balaban J connectivity index is 1.88. The molecule has 0 aliphatic rings. The van der Waals surface area contributed by atoms with E-state index in [0.29, 0.717) is 18.7 Å². The fourth-order valence-electron chi connectivity index (χ4n) is 1.89. The van der Waals surface area contributed by atoms with E-state index in [1.165, 1.54) is 4.57 Å². The van der Waals surface area contributed by atoms with Gasteiger partial charge in [-0.05, 0) is 18.2 Å². The van der Waals surface area contributed by atoms with Crippen LogP contribution in [0.25, 0.3) is 0 Å². The van der Waals surface area contributed by atoms with Crippen LogP contribution >= 0.6 is 0 Å². The molecule has 0 spiro atoms. The second kappa shape index (κ2) is 6.05. The van der Waals surface area contributed by atoms with Crippen LogP contribution in [0.15, 0.2) is 30.6 Å². The molecule has 2 aromatic rings. The third kappa shape index (κ3) is 3.47. The molecule has 7 heteroatoms. The molecule has 106 valence electrons. The standard InChI is InChI=1S/C13H16N4O3/c1-16-8-5-10(15-16)4-6-14-13(20)11-3-2-7-17(11)9-12(18)19/h2-3,5,7-8H,4,6,9H2,1H3,(H,14,20)(H,18,19). The molecule has 7 nitrogen and oxygen atoms in total. The fourth-order valence-corrected chi connectivity index (χ4v) is 1.89. The summed E-state index contributed by atoms with van der Waals surface area (Å²) in [5.74, 6) is -1.27. The predicted octanol–water partition coefficient (Wildman–Crippen LogP) is 0.279. The SMILES string of the molecule is Cn1ccc(CCNC(=O)c2cccn2CC(=O)O)n1. The monoisotopic (exact) mass is 276 g/mol. The number of amides is 1. The number of hydrogen-bond donors (Lipinski definition) is 2. The number of aryl methyl sites for hydroxylation is 1. The Hall–Kier alpha value is -2.57. The van der Waals surface area contributed by atoms with Crippen molar-refractivity contribution in [3.05, 3.63) is 42.0 Å². The molecular weight excluding hydrogens is 260 g/mol. The number of rotatable bonds is 6. The van der Waals surface area contributed by atoms with Crippen LogP contribution < -0.4 is 5.32 Å². The molecule has 0 saturated heterocycles. The number of aromatic nitrogens is 3. The van der Waals surface area contributed by atoms with Gasteiger partial charge in [-0.2, -0.15) is 5.10 Å². The molecule has 2 heterocycles. The van der Waals surface area contributed by atoms with E-state index in [1.807, 2.05) is 19.3 Å². The zero-order chi connectivity index (χ0) is 14.5. The zero-order valence-electron chi connectivity index (χ0n) is 11.1. The highest BCUT2D eigenvalue weighted by atomic mass is 16.4. The van der Waals surface area contributed by atoms with E-state index in [2.05, 4.69) is 10.4 Å². The molecular formula is C13H16N4O3. The van der Waals surface area contributed by atoms with Gasteiger partial charge in [-0.3, -0.25) is 14.3 Å². The quantitative estimate of drug-likeness (QED) is 0.793. The van der Waals surface area contributed by atoms with Crippen LogP contribution in [0.2, 0.25) is 0 Å². The Morgan fingerprint density at radius 1 is 1.35 bits per heavy atom. The number of carboxylic acid groups (broad SMARTS) is 1. The maximum Gasteiger partial charge on any atom is 0.323 e. The minimum absolute atomic E-state index is 0.226. The summed E-state index contributed by atoms with van der Waals surface area (Å²) in [6.45, 7) is 0.226. The van der Waals surface area contributed by atoms with Gasteiger partial charge in [0, 0.05) is 32.4 Å². The number of carbonyl (C=O) groups is 2. The van der Waals surface area contributed by atoms with Crippen molar-refractivity contribution in [2.75, 3.05) is 6.54 Å². The number of nitrogens with one attached hydrogen (secondary N) is 1. The third-order valence-corrected chi connectivity index (χ3v) is 2.80. The van der Waals surface area contributed by atoms with Crippen molar-refractivity contribution >= 4 is 11.9 Å². The van der Waals surface area contributed by atoms with Gasteiger partial charge in [0.25, 0.3) is 5.91 Å². The summed E-state index contributed by atoms with van der Waals surface area (Å²) in [5.41, 5.74) is 1.24. The van der Waals surface area contributed by atoms with E-state index in [9.17, 15) is 9.59 Å². The van der Waals surface area contributed by atoms with Crippen LogP contribution in [0.1, 0.15) is 16.2 Å². The average molecular weight is 276 g/mol. The molecule has 0 bridgehead atoms. The molecule has 0 atom stereocenters. The van der Waals surface area contributed by atoms with Gasteiger partial charge in [-0.1, -0.05) is 0 Å². The van der Waals surface area contributed by atoms with E-state index in [1.54, 1.807) is 23.0 Å². The minimum Gasteiger partial charge on any atom is -0.480 e. The molecule has 0 unspecified atom stereocenters. The normalized spacial score (nSPS) is 10.4. The van der Waals surface area contributed by atoms with Gasteiger partial charge >= 0.3 is 5.97 Å². The second-order valence-corrected chi connectivity index (χ2v) is 4.40. The lowest BCUT2D eigenvalue weighted by Crippen LogP contribution is -2.28. The predicted molar refractivity (Wildman–Crippen MR) is 71.3 cm³/mol. The summed E-state index contributed by atoms with van der Waals surface area (Å²) in [6.07, 6.45) is 4.04. The van der Waals surface area contributed by atoms with Gasteiger partial charge in [-0.25, -0.2) is 0 Å². The van der Waals surface area contributed by atoms with Gasteiger partial charge in [0.05, 0.1) is 5.69 Å². The van der Waals surface area contributed by atoms with Crippen LogP contribution in [0.4, 0.5) is 0 Å². The van der Waals surface area contributed by atoms with Crippen LogP contribution in [0.5, 0.6) is 0 Å². The topological polar surface area (TPSA) is 89.2 Å². The summed E-state index contributed by atoms with van der Waals surface area (Å²) in [4.78, 5) is 22.6. The van der Waals surface area contributed by atoms with Gasteiger partial charge < -0.3 is 15.0 Å². The zero-order valence-corrected chi connectivity index (χ0v) is 11.1. The molecule has 2 N–H and O–H groups in total. The molecule has 0 radical (unpaired) electrons. The molecule has 20 heavy (non-hydrogen) atoms. The fraction of sp³-hybridized carbons (Fsp3) is 0.308. The van der Waals surface area contributed by atoms with E-state index in [4.69, 9.17) is 5.11 Å². The molecule has 2 rings (SSSR count). The minimum atomic E-state index is -0.983. The third-order valence-electron chi connectivity index (χ3n) is 2.80. The Bertz CT molecular complexity index is 615. The molecule has 0 saturated carbocycles. The lowest BCUT2D eigenvalue weighted by molar-refractivity contribution is -0.137. The van der Waals surface area contributed by atoms with Crippen LogP contribution in [-0.2, 0) is 24.8 Å². The summed E-state index contributed by atoms with van der Waals surface area (Å²) in [6, 6.07) is 5.13. The van der Waals surface area contributed by atoms with Gasteiger partial charge in [0.2, 0.25) is 0 Å². The van der Waals surface area contributed by atoms with Gasteiger partial charge in [0.1, 0.15) is 12.2 Å². The van der Waals surface area contributed by atoms with Crippen LogP contribution in [0, 0.1) is 0 Å². The molecule has 0 aromatic carbocycles. The molecule has 2 aromatic heterocycles. The Morgan fingerprint density at radius 3 is 2.80 bits per heavy atom. The summed E-state index contributed by atoms with van der Waals surface area (Å²) in [7, 11) is 1.83. The number of carbonyl (C=O) groups excluding carboxylic acids is 1. The van der Waals surface area contributed by atoms with Crippen LogP contribution in [0.3, 0.4) is 0 Å². The first kappa shape index (κ1) is 13.9. The van der Waals surface area contributed by atoms with Crippen molar-refractivity contribution in [3.8, 4) is 0 Å². The Labute approximate surface area is 115 Å². The second-order valence-electron chi connectivity index (χ2n) is 4.40. The number of carboxylic acids is 1. The van der Waals surface area contributed by atoms with E-state index < -0.39 is 5.97 Å². The lowest BCUT2D eigenvalue weighted by Gasteiger charge is -2.07. The lowest BCUT2D eigenvalue weighted by atomic mass is 10.3. The molecule has 1 amide bonds. The number of hydrogen-bond acceptors (Lipinski definition) is 3. The first-order valence-electron chi connectivity index (χ1n) is 6.20. The Morgan fingerprint density at radius 2 is 2.15 bits per heavy atom. The first-order chi connectivity index (χ1) is 9.56. The smallest absolute Gasteiger partial charge is 0.323 e. The van der Waals surface area contributed by atoms with Gasteiger partial charge in [-0.15, -0.1) is 0 Å². The Kier molecular flexibility index (Phi) is 4.19. The summed E-state index contributed by atoms with van der Waals surface area (Å²) < 4.78 is 3.10. The maximum atomic E-state index is 12.0. The number of nitrogens with zero attached hydrogens (tertiary/aromatic N) is 3. The van der Waals surface area contributed by atoms with Crippen molar-refractivity contribution in [1.29, 1.82) is 0 Å².